The summed E-state index contributed by atoms with van der Waals surface area (Å²) >= 11 is 0. The van der Waals surface area contributed by atoms with Crippen LogP contribution < -0.4 is 16.4 Å². The Kier molecular flexibility index (Phi) is 11.3. The van der Waals surface area contributed by atoms with Crippen molar-refractivity contribution in [3.8, 4) is 0 Å². The Morgan fingerprint density at radius 2 is 1.58 bits per heavy atom. The molecule has 112 valence electrons. The lowest BCUT2D eigenvalue weighted by Gasteiger charge is -2.08. The molecule has 0 aliphatic rings. The Hall–Kier alpha value is -1.10. The maximum absolute atomic E-state index is 11.5. The molecule has 0 heterocycles. The van der Waals surface area contributed by atoms with Crippen molar-refractivity contribution in [2.75, 3.05) is 19.6 Å². The van der Waals surface area contributed by atoms with E-state index >= 15 is 0 Å². The minimum atomic E-state index is -0.00283. The van der Waals surface area contributed by atoms with Crippen LogP contribution in [0.1, 0.15) is 52.4 Å². The third-order valence-corrected chi connectivity index (χ3v) is 2.74. The summed E-state index contributed by atoms with van der Waals surface area (Å²) in [6, 6.07) is 0. The highest BCUT2D eigenvalue weighted by Gasteiger charge is 2.04. The van der Waals surface area contributed by atoms with E-state index in [1.165, 1.54) is 0 Å². The fraction of sp³-hybridized carbons (Fsp3) is 0.857. The van der Waals surface area contributed by atoms with Crippen LogP contribution in [0.15, 0.2) is 0 Å². The van der Waals surface area contributed by atoms with E-state index in [-0.39, 0.29) is 11.8 Å². The summed E-state index contributed by atoms with van der Waals surface area (Å²) in [7, 11) is 0. The molecule has 0 spiro atoms. The summed E-state index contributed by atoms with van der Waals surface area (Å²) in [6.45, 7) is 5.93. The Bertz CT molecular complexity index is 255. The first-order chi connectivity index (χ1) is 9.06. The zero-order valence-electron chi connectivity index (χ0n) is 12.3. The summed E-state index contributed by atoms with van der Waals surface area (Å²) in [4.78, 5) is 22.8. The molecule has 0 unspecified atom stereocenters. The third kappa shape index (κ3) is 13.1. The van der Waals surface area contributed by atoms with E-state index in [1.54, 1.807) is 0 Å². The number of nitrogens with one attached hydrogen (secondary N) is 2. The minimum absolute atomic E-state index is 0.00283. The summed E-state index contributed by atoms with van der Waals surface area (Å²) in [5.74, 6) is 0.480. The molecule has 0 aromatic rings. The molecule has 0 fully saturated rings. The van der Waals surface area contributed by atoms with Crippen molar-refractivity contribution in [2.24, 2.45) is 11.7 Å². The molecule has 0 saturated heterocycles. The van der Waals surface area contributed by atoms with Gasteiger partial charge in [0.2, 0.25) is 11.8 Å². The summed E-state index contributed by atoms with van der Waals surface area (Å²) < 4.78 is 0. The summed E-state index contributed by atoms with van der Waals surface area (Å²) in [5.41, 5.74) is 5.39. The van der Waals surface area contributed by atoms with Crippen molar-refractivity contribution < 1.29 is 9.59 Å². The van der Waals surface area contributed by atoms with Gasteiger partial charge in [-0.25, -0.2) is 0 Å². The third-order valence-electron chi connectivity index (χ3n) is 2.74. The number of unbranched alkanes of at least 4 members (excludes halogenated alkanes) is 3. The van der Waals surface area contributed by atoms with Crippen molar-refractivity contribution in [2.45, 2.75) is 52.4 Å². The highest BCUT2D eigenvalue weighted by molar-refractivity contribution is 5.78. The van der Waals surface area contributed by atoms with Crippen LogP contribution in [-0.2, 0) is 9.59 Å². The first kappa shape index (κ1) is 17.9. The average Bonchev–Trinajstić information content (AvgIpc) is 2.36. The highest BCUT2D eigenvalue weighted by Crippen LogP contribution is 2.01. The van der Waals surface area contributed by atoms with E-state index in [4.69, 9.17) is 5.73 Å². The molecule has 4 N–H and O–H groups in total. The number of amides is 2. The van der Waals surface area contributed by atoms with Gasteiger partial charge in [-0.3, -0.25) is 9.59 Å². The lowest BCUT2D eigenvalue weighted by molar-refractivity contribution is -0.122. The molecule has 0 saturated carbocycles. The minimum Gasteiger partial charge on any atom is -0.356 e. The second-order valence-corrected chi connectivity index (χ2v) is 5.25. The Balaban J connectivity index is 3.39. The van der Waals surface area contributed by atoms with Crippen molar-refractivity contribution in [1.82, 2.24) is 10.6 Å². The van der Waals surface area contributed by atoms with Crippen LogP contribution in [0.4, 0.5) is 0 Å². The van der Waals surface area contributed by atoms with Crippen LogP contribution in [0, 0.1) is 5.92 Å². The number of hydrogen-bond donors (Lipinski definition) is 3. The Morgan fingerprint density at radius 1 is 0.947 bits per heavy atom. The Morgan fingerprint density at radius 3 is 2.21 bits per heavy atom. The van der Waals surface area contributed by atoms with Crippen molar-refractivity contribution in [3.63, 3.8) is 0 Å². The van der Waals surface area contributed by atoms with Gasteiger partial charge >= 0.3 is 0 Å². The van der Waals surface area contributed by atoms with Crippen molar-refractivity contribution in [1.29, 1.82) is 0 Å². The van der Waals surface area contributed by atoms with Gasteiger partial charge in [0.1, 0.15) is 0 Å². The van der Waals surface area contributed by atoms with Gasteiger partial charge in [-0.15, -0.1) is 0 Å². The monoisotopic (exact) mass is 271 g/mol. The van der Waals surface area contributed by atoms with Gasteiger partial charge in [0.25, 0.3) is 0 Å². The number of rotatable bonds is 11. The van der Waals surface area contributed by atoms with Gasteiger partial charge in [-0.2, -0.15) is 0 Å². The highest BCUT2D eigenvalue weighted by atomic mass is 16.2. The SMILES string of the molecule is CC(C)CNC(=O)CCNC(=O)CCCCCCN. The van der Waals surface area contributed by atoms with Gasteiger partial charge < -0.3 is 16.4 Å². The molecule has 0 aliphatic carbocycles. The number of carbonyl (C=O) groups excluding carboxylic acids is 2. The molecule has 5 heteroatoms. The molecular weight excluding hydrogens is 242 g/mol. The first-order valence-corrected chi connectivity index (χ1v) is 7.29. The largest absolute Gasteiger partial charge is 0.356 e. The van der Waals surface area contributed by atoms with Gasteiger partial charge in [0.15, 0.2) is 0 Å². The fourth-order valence-electron chi connectivity index (χ4n) is 1.59. The van der Waals surface area contributed by atoms with Gasteiger partial charge in [0, 0.05) is 25.9 Å². The van der Waals surface area contributed by atoms with Crippen molar-refractivity contribution >= 4 is 11.8 Å². The fourth-order valence-corrected chi connectivity index (χ4v) is 1.59. The quantitative estimate of drug-likeness (QED) is 0.493. The molecule has 0 aromatic heterocycles. The molecular formula is C14H29N3O2. The van der Waals surface area contributed by atoms with E-state index in [1.807, 2.05) is 13.8 Å². The number of nitrogens with two attached hydrogens (primary N) is 1. The van der Waals surface area contributed by atoms with Crippen LogP contribution in [0.25, 0.3) is 0 Å². The van der Waals surface area contributed by atoms with Crippen LogP contribution in [-0.4, -0.2) is 31.4 Å². The molecule has 0 aromatic carbocycles. The average molecular weight is 271 g/mol. The zero-order valence-corrected chi connectivity index (χ0v) is 12.3. The van der Waals surface area contributed by atoms with E-state index in [0.29, 0.717) is 31.8 Å². The summed E-state index contributed by atoms with van der Waals surface area (Å²) in [6.07, 6.45) is 4.94. The molecule has 0 bridgehead atoms. The van der Waals surface area contributed by atoms with Gasteiger partial charge in [0.05, 0.1) is 0 Å². The lowest BCUT2D eigenvalue weighted by atomic mass is 10.1. The maximum atomic E-state index is 11.5. The molecule has 5 nitrogen and oxygen atoms in total. The van der Waals surface area contributed by atoms with Crippen LogP contribution in [0.2, 0.25) is 0 Å². The first-order valence-electron chi connectivity index (χ1n) is 7.29. The molecule has 19 heavy (non-hydrogen) atoms. The van der Waals surface area contributed by atoms with Crippen LogP contribution in [0.5, 0.6) is 0 Å². The van der Waals surface area contributed by atoms with E-state index in [2.05, 4.69) is 10.6 Å². The number of hydrogen-bond acceptors (Lipinski definition) is 3. The van der Waals surface area contributed by atoms with Gasteiger partial charge in [-0.1, -0.05) is 26.7 Å². The molecule has 2 amide bonds. The topological polar surface area (TPSA) is 84.2 Å². The van der Waals surface area contributed by atoms with Crippen LogP contribution >= 0.6 is 0 Å². The predicted octanol–water partition coefficient (Wildman–Crippen LogP) is 1.17. The normalized spacial score (nSPS) is 10.5. The van der Waals surface area contributed by atoms with Crippen LogP contribution in [0.3, 0.4) is 0 Å². The van der Waals surface area contributed by atoms with E-state index in [0.717, 1.165) is 32.2 Å². The number of carbonyl (C=O) groups is 2. The Labute approximate surface area is 116 Å². The van der Waals surface area contributed by atoms with Crippen molar-refractivity contribution in [3.05, 3.63) is 0 Å². The molecule has 0 rings (SSSR count). The second kappa shape index (κ2) is 12.0. The molecule has 0 atom stereocenters. The second-order valence-electron chi connectivity index (χ2n) is 5.25. The molecule has 0 aliphatic heterocycles. The smallest absolute Gasteiger partial charge is 0.221 e. The van der Waals surface area contributed by atoms with E-state index in [9.17, 15) is 9.59 Å². The standard InChI is InChI=1S/C14H29N3O2/c1-12(2)11-17-14(19)8-10-16-13(18)7-5-3-4-6-9-15/h12H,3-11,15H2,1-2H3,(H,16,18)(H,17,19). The lowest BCUT2D eigenvalue weighted by Crippen LogP contribution is -2.32. The molecule has 0 radical (unpaired) electrons. The maximum Gasteiger partial charge on any atom is 0.221 e. The predicted molar refractivity (Wildman–Crippen MR) is 77.6 cm³/mol. The zero-order chi connectivity index (χ0) is 14.5. The van der Waals surface area contributed by atoms with Gasteiger partial charge in [-0.05, 0) is 25.3 Å². The van der Waals surface area contributed by atoms with E-state index < -0.39 is 0 Å². The summed E-state index contributed by atoms with van der Waals surface area (Å²) in [5, 5.41) is 5.59.